The summed E-state index contributed by atoms with van der Waals surface area (Å²) in [6, 6.07) is 0. The lowest BCUT2D eigenvalue weighted by Gasteiger charge is -2.36. The topological polar surface area (TPSA) is 95.9 Å². The summed E-state index contributed by atoms with van der Waals surface area (Å²) in [5.74, 6) is 0.519. The van der Waals surface area contributed by atoms with Crippen LogP contribution in [0.15, 0.2) is 0 Å². The van der Waals surface area contributed by atoms with Crippen molar-refractivity contribution in [3.63, 3.8) is 0 Å². The minimum atomic E-state index is -1.32. The van der Waals surface area contributed by atoms with Gasteiger partial charge in [-0.2, -0.15) is 0 Å². The van der Waals surface area contributed by atoms with Gasteiger partial charge in [0.15, 0.2) is 0 Å². The molecule has 1 aliphatic rings. The van der Waals surface area contributed by atoms with Gasteiger partial charge in [-0.1, -0.05) is 41.0 Å². The Kier molecular flexibility index (Phi) is 8.35. The summed E-state index contributed by atoms with van der Waals surface area (Å²) in [5, 5.41) is 21.6. The Bertz CT molecular complexity index is 449. The Morgan fingerprint density at radius 1 is 1.28 bits per heavy atom. The van der Waals surface area contributed by atoms with Crippen LogP contribution in [0.3, 0.4) is 0 Å². The molecule has 1 fully saturated rings. The fraction of sp³-hybridized carbons (Fsp3) is 0.895. The van der Waals surface area contributed by atoms with Crippen LogP contribution in [-0.4, -0.2) is 47.4 Å². The van der Waals surface area contributed by atoms with Gasteiger partial charge < -0.3 is 20.3 Å². The second-order valence-electron chi connectivity index (χ2n) is 8.44. The molecule has 6 nitrogen and oxygen atoms in total. The zero-order valence-electron chi connectivity index (χ0n) is 16.2. The molecular weight excluding hydrogens is 322 g/mol. The van der Waals surface area contributed by atoms with Gasteiger partial charge in [0.25, 0.3) is 0 Å². The van der Waals surface area contributed by atoms with Crippen LogP contribution in [0.2, 0.25) is 0 Å². The van der Waals surface area contributed by atoms with Gasteiger partial charge in [0.2, 0.25) is 5.91 Å². The van der Waals surface area contributed by atoms with Crippen LogP contribution >= 0.6 is 0 Å². The van der Waals surface area contributed by atoms with E-state index < -0.39 is 17.4 Å². The Balaban J connectivity index is 2.42. The molecule has 0 bridgehead atoms. The lowest BCUT2D eigenvalue weighted by atomic mass is 9.75. The second kappa shape index (κ2) is 9.53. The standard InChI is InChI=1S/C19H35NO5/c1-12(2)14-7-6-13(3)10-15(14)25-16(22)8-9-20-18(24)17(23)19(4,5)11-21/h12-15,17,21,23H,6-11H2,1-5H3,(H,20,24)/t13?,14?,15-,17?/m1/s1. The molecule has 0 saturated heterocycles. The lowest BCUT2D eigenvalue weighted by molar-refractivity contribution is -0.155. The minimum Gasteiger partial charge on any atom is -0.462 e. The normalized spacial score (nSPS) is 25.5. The van der Waals surface area contributed by atoms with Gasteiger partial charge >= 0.3 is 5.97 Å². The van der Waals surface area contributed by atoms with Gasteiger partial charge in [-0.05, 0) is 30.6 Å². The van der Waals surface area contributed by atoms with Crippen molar-refractivity contribution in [3.05, 3.63) is 0 Å². The fourth-order valence-corrected chi connectivity index (χ4v) is 3.30. The first kappa shape index (κ1) is 21.9. The molecule has 0 aromatic heterocycles. The molecule has 0 radical (unpaired) electrons. The predicted molar refractivity (Wildman–Crippen MR) is 95.7 cm³/mol. The zero-order valence-corrected chi connectivity index (χ0v) is 16.2. The first-order chi connectivity index (χ1) is 11.6. The van der Waals surface area contributed by atoms with Gasteiger partial charge in [-0.25, -0.2) is 0 Å². The monoisotopic (exact) mass is 357 g/mol. The van der Waals surface area contributed by atoms with Gasteiger partial charge in [-0.15, -0.1) is 0 Å². The molecule has 25 heavy (non-hydrogen) atoms. The van der Waals surface area contributed by atoms with Crippen molar-refractivity contribution in [3.8, 4) is 0 Å². The molecule has 0 heterocycles. The van der Waals surface area contributed by atoms with E-state index in [9.17, 15) is 19.8 Å². The molecule has 4 atom stereocenters. The third-order valence-corrected chi connectivity index (χ3v) is 5.27. The third-order valence-electron chi connectivity index (χ3n) is 5.27. The molecule has 3 N–H and O–H groups in total. The summed E-state index contributed by atoms with van der Waals surface area (Å²) in [6.07, 6.45) is 1.85. The number of aliphatic hydroxyl groups excluding tert-OH is 2. The molecule has 0 spiro atoms. The van der Waals surface area contributed by atoms with Crippen molar-refractivity contribution in [2.24, 2.45) is 23.2 Å². The smallest absolute Gasteiger partial charge is 0.307 e. The Hall–Kier alpha value is -1.14. The van der Waals surface area contributed by atoms with Crippen LogP contribution in [0.5, 0.6) is 0 Å². The van der Waals surface area contributed by atoms with E-state index in [1.54, 1.807) is 13.8 Å². The summed E-state index contributed by atoms with van der Waals surface area (Å²) in [4.78, 5) is 24.0. The van der Waals surface area contributed by atoms with E-state index >= 15 is 0 Å². The van der Waals surface area contributed by atoms with Crippen LogP contribution < -0.4 is 5.32 Å². The van der Waals surface area contributed by atoms with Crippen LogP contribution in [-0.2, 0) is 14.3 Å². The molecule has 1 saturated carbocycles. The predicted octanol–water partition coefficient (Wildman–Crippen LogP) is 1.88. The molecule has 0 aliphatic heterocycles. The van der Waals surface area contributed by atoms with E-state index in [0.717, 1.165) is 12.8 Å². The maximum Gasteiger partial charge on any atom is 0.307 e. The fourth-order valence-electron chi connectivity index (χ4n) is 3.30. The van der Waals surface area contributed by atoms with Gasteiger partial charge in [0.05, 0.1) is 13.0 Å². The number of amides is 1. The van der Waals surface area contributed by atoms with Crippen molar-refractivity contribution in [2.75, 3.05) is 13.2 Å². The highest BCUT2D eigenvalue weighted by molar-refractivity contribution is 5.81. The summed E-state index contributed by atoms with van der Waals surface area (Å²) in [7, 11) is 0. The maximum atomic E-state index is 12.1. The van der Waals surface area contributed by atoms with Crippen LogP contribution in [0.1, 0.15) is 60.3 Å². The lowest BCUT2D eigenvalue weighted by Crippen LogP contribution is -2.46. The zero-order chi connectivity index (χ0) is 19.2. The Morgan fingerprint density at radius 3 is 2.48 bits per heavy atom. The van der Waals surface area contributed by atoms with Crippen LogP contribution in [0, 0.1) is 23.2 Å². The molecule has 0 aromatic rings. The van der Waals surface area contributed by atoms with E-state index in [2.05, 4.69) is 26.1 Å². The number of carbonyl (C=O) groups excluding carboxylic acids is 2. The van der Waals surface area contributed by atoms with Gasteiger partial charge in [0.1, 0.15) is 12.2 Å². The maximum absolute atomic E-state index is 12.1. The molecular formula is C19H35NO5. The molecule has 1 rings (SSSR count). The number of rotatable bonds is 8. The minimum absolute atomic E-state index is 0.0501. The summed E-state index contributed by atoms with van der Waals surface area (Å²) < 4.78 is 5.67. The van der Waals surface area contributed by atoms with E-state index in [0.29, 0.717) is 17.8 Å². The number of carbonyl (C=O) groups is 2. The van der Waals surface area contributed by atoms with E-state index in [1.165, 1.54) is 6.42 Å². The molecule has 1 amide bonds. The summed E-state index contributed by atoms with van der Waals surface area (Å²) >= 11 is 0. The average molecular weight is 357 g/mol. The second-order valence-corrected chi connectivity index (χ2v) is 8.44. The number of esters is 1. The highest BCUT2D eigenvalue weighted by atomic mass is 16.5. The highest BCUT2D eigenvalue weighted by Crippen LogP contribution is 2.35. The Morgan fingerprint density at radius 2 is 1.92 bits per heavy atom. The molecule has 146 valence electrons. The molecule has 0 aromatic carbocycles. The largest absolute Gasteiger partial charge is 0.462 e. The van der Waals surface area contributed by atoms with Gasteiger partial charge in [-0.3, -0.25) is 9.59 Å². The summed E-state index contributed by atoms with van der Waals surface area (Å²) in [6.45, 7) is 9.51. The number of aliphatic hydroxyl groups is 2. The number of nitrogens with one attached hydrogen (secondary N) is 1. The molecule has 6 heteroatoms. The third kappa shape index (κ3) is 6.59. The van der Waals surface area contributed by atoms with Crippen LogP contribution in [0.4, 0.5) is 0 Å². The van der Waals surface area contributed by atoms with Crippen molar-refractivity contribution in [1.29, 1.82) is 0 Å². The van der Waals surface area contributed by atoms with E-state index in [1.807, 2.05) is 0 Å². The SMILES string of the molecule is CC1CCC(C(C)C)[C@H](OC(=O)CCNC(=O)C(O)C(C)(C)CO)C1. The number of hydrogen-bond donors (Lipinski definition) is 3. The number of ether oxygens (including phenoxy) is 1. The molecule has 1 aliphatic carbocycles. The van der Waals surface area contributed by atoms with Crippen molar-refractivity contribution in [1.82, 2.24) is 5.32 Å². The number of hydrogen-bond acceptors (Lipinski definition) is 5. The van der Waals surface area contributed by atoms with E-state index in [4.69, 9.17) is 4.74 Å². The van der Waals surface area contributed by atoms with E-state index in [-0.39, 0.29) is 31.6 Å². The Labute approximate surface area is 151 Å². The van der Waals surface area contributed by atoms with Crippen molar-refractivity contribution < 1.29 is 24.5 Å². The quantitative estimate of drug-likeness (QED) is 0.577. The average Bonchev–Trinajstić information content (AvgIpc) is 2.53. The first-order valence-corrected chi connectivity index (χ1v) is 9.34. The van der Waals surface area contributed by atoms with Crippen molar-refractivity contribution in [2.45, 2.75) is 72.5 Å². The summed E-state index contributed by atoms with van der Waals surface area (Å²) in [5.41, 5.74) is -0.923. The van der Waals surface area contributed by atoms with Crippen LogP contribution in [0.25, 0.3) is 0 Å². The molecule has 3 unspecified atom stereocenters. The van der Waals surface area contributed by atoms with Gasteiger partial charge in [0, 0.05) is 12.0 Å². The highest BCUT2D eigenvalue weighted by Gasteiger charge is 2.34. The first-order valence-electron chi connectivity index (χ1n) is 9.34. The van der Waals surface area contributed by atoms with Crippen molar-refractivity contribution >= 4 is 11.9 Å².